The summed E-state index contributed by atoms with van der Waals surface area (Å²) in [6, 6.07) is 12.6. The van der Waals surface area contributed by atoms with Crippen LogP contribution in [0.5, 0.6) is 0 Å². The predicted octanol–water partition coefficient (Wildman–Crippen LogP) is 1.94. The number of aromatic nitrogens is 1. The Hall–Kier alpha value is -2.00. The summed E-state index contributed by atoms with van der Waals surface area (Å²) >= 11 is 6.15. The van der Waals surface area contributed by atoms with Gasteiger partial charge in [-0.2, -0.15) is 0 Å². The van der Waals surface area contributed by atoms with Crippen LogP contribution in [0.4, 0.5) is 0 Å². The van der Waals surface area contributed by atoms with E-state index in [0.717, 1.165) is 11.3 Å². The molecule has 3 N–H and O–H groups in total. The van der Waals surface area contributed by atoms with Crippen molar-refractivity contribution in [2.75, 3.05) is 25.4 Å². The Bertz CT molecular complexity index is 932. The molecule has 0 aliphatic carbocycles. The molecule has 1 amide bonds. The van der Waals surface area contributed by atoms with Crippen molar-refractivity contribution in [1.29, 1.82) is 0 Å². The van der Waals surface area contributed by atoms with Gasteiger partial charge in [-0.3, -0.25) is 9.78 Å². The van der Waals surface area contributed by atoms with E-state index in [2.05, 4.69) is 10.3 Å². The molecule has 0 radical (unpaired) electrons. The third-order valence-electron chi connectivity index (χ3n) is 5.10. The number of piperidine rings is 1. The van der Waals surface area contributed by atoms with E-state index in [0.29, 0.717) is 37.5 Å². The Labute approximate surface area is 176 Å². The number of sulfonamides is 1. The largest absolute Gasteiger partial charge is 0.343 e. The number of likely N-dealkylation sites (tertiary alicyclic amines) is 1. The molecule has 2 heterocycles. The van der Waals surface area contributed by atoms with E-state index in [1.165, 1.54) is 0 Å². The lowest BCUT2D eigenvalue weighted by atomic mass is 9.94. The minimum Gasteiger partial charge on any atom is -0.343 e. The number of halogens is 1. The van der Waals surface area contributed by atoms with Gasteiger partial charge in [-0.1, -0.05) is 29.8 Å². The van der Waals surface area contributed by atoms with Gasteiger partial charge in [0.25, 0.3) is 0 Å². The molecule has 1 aliphatic rings. The summed E-state index contributed by atoms with van der Waals surface area (Å²) in [4.78, 5) is 19.4. The molecular formula is C20H25ClN4O3S. The fourth-order valence-electron chi connectivity index (χ4n) is 3.50. The van der Waals surface area contributed by atoms with Gasteiger partial charge in [0.2, 0.25) is 15.9 Å². The van der Waals surface area contributed by atoms with Crippen LogP contribution >= 0.6 is 11.6 Å². The zero-order valence-corrected chi connectivity index (χ0v) is 17.6. The molecular weight excluding hydrogens is 412 g/mol. The maximum atomic E-state index is 13.0. The van der Waals surface area contributed by atoms with E-state index in [9.17, 15) is 13.2 Å². The molecule has 1 atom stereocenters. The fraction of sp³-hybridized carbons (Fsp3) is 0.400. The maximum Gasteiger partial charge on any atom is 0.224 e. The second-order valence-electron chi connectivity index (χ2n) is 7.23. The van der Waals surface area contributed by atoms with Crippen LogP contribution in [-0.2, 0) is 14.8 Å². The number of pyridine rings is 1. The SMILES string of the molecule is NS(=O)(=O)CCN1CCC(C(=O)N[C@@H](c2cccc(Cl)c2)c2ccccn2)CC1. The summed E-state index contributed by atoms with van der Waals surface area (Å²) in [7, 11) is -3.47. The molecule has 156 valence electrons. The highest BCUT2D eigenvalue weighted by molar-refractivity contribution is 7.89. The lowest BCUT2D eigenvalue weighted by molar-refractivity contribution is -0.127. The second-order valence-corrected chi connectivity index (χ2v) is 9.40. The van der Waals surface area contributed by atoms with Gasteiger partial charge in [-0.25, -0.2) is 13.6 Å². The van der Waals surface area contributed by atoms with Gasteiger partial charge in [-0.05, 0) is 55.8 Å². The van der Waals surface area contributed by atoms with E-state index in [1.807, 2.05) is 41.3 Å². The third kappa shape index (κ3) is 6.50. The van der Waals surface area contributed by atoms with Crippen molar-refractivity contribution in [3.05, 3.63) is 64.9 Å². The van der Waals surface area contributed by atoms with Gasteiger partial charge in [-0.15, -0.1) is 0 Å². The van der Waals surface area contributed by atoms with Crippen LogP contribution in [0.1, 0.15) is 30.1 Å². The lowest BCUT2D eigenvalue weighted by Gasteiger charge is -2.32. The van der Waals surface area contributed by atoms with E-state index in [-0.39, 0.29) is 23.6 Å². The Kier molecular flexibility index (Phi) is 7.23. The number of primary sulfonamides is 1. The standard InChI is InChI=1S/C20H25ClN4O3S/c21-17-5-3-4-16(14-17)19(18-6-1-2-9-23-18)24-20(26)15-7-10-25(11-8-15)12-13-29(22,27)28/h1-6,9,14-15,19H,7-8,10-13H2,(H,24,26)(H2,22,27,28)/t19-/m0/s1. The summed E-state index contributed by atoms with van der Waals surface area (Å²) in [6.45, 7) is 1.73. The quantitative estimate of drug-likeness (QED) is 0.690. The Balaban J connectivity index is 1.65. The molecule has 0 spiro atoms. The van der Waals surface area contributed by atoms with Gasteiger partial charge in [0.1, 0.15) is 0 Å². The van der Waals surface area contributed by atoms with Crippen LogP contribution in [0.3, 0.4) is 0 Å². The van der Waals surface area contributed by atoms with Crippen molar-refractivity contribution < 1.29 is 13.2 Å². The number of amides is 1. The predicted molar refractivity (Wildman–Crippen MR) is 113 cm³/mol. The highest BCUT2D eigenvalue weighted by Gasteiger charge is 2.28. The molecule has 1 aromatic carbocycles. The van der Waals surface area contributed by atoms with Crippen LogP contribution in [0, 0.1) is 5.92 Å². The van der Waals surface area contributed by atoms with E-state index < -0.39 is 10.0 Å². The second kappa shape index (κ2) is 9.67. The minimum atomic E-state index is -3.47. The van der Waals surface area contributed by atoms with E-state index in [1.54, 1.807) is 12.3 Å². The zero-order chi connectivity index (χ0) is 20.9. The van der Waals surface area contributed by atoms with Crippen LogP contribution in [0.25, 0.3) is 0 Å². The summed E-state index contributed by atoms with van der Waals surface area (Å²) in [6.07, 6.45) is 3.03. The van der Waals surface area contributed by atoms with Gasteiger partial charge in [0.05, 0.1) is 17.5 Å². The van der Waals surface area contributed by atoms with E-state index >= 15 is 0 Å². The fourth-order valence-corrected chi connectivity index (χ4v) is 4.21. The first-order chi connectivity index (χ1) is 13.8. The lowest BCUT2D eigenvalue weighted by Crippen LogP contribution is -2.43. The highest BCUT2D eigenvalue weighted by Crippen LogP contribution is 2.25. The summed E-state index contributed by atoms with van der Waals surface area (Å²) < 4.78 is 22.3. The average molecular weight is 437 g/mol. The average Bonchev–Trinajstić information content (AvgIpc) is 2.71. The number of hydrogen-bond acceptors (Lipinski definition) is 5. The molecule has 2 aromatic rings. The van der Waals surface area contributed by atoms with Crippen molar-refractivity contribution in [1.82, 2.24) is 15.2 Å². The molecule has 0 bridgehead atoms. The number of rotatable bonds is 7. The summed E-state index contributed by atoms with van der Waals surface area (Å²) in [5, 5.41) is 8.79. The number of nitrogens with two attached hydrogens (primary N) is 1. The number of carbonyl (C=O) groups is 1. The molecule has 1 aliphatic heterocycles. The van der Waals surface area contributed by atoms with Crippen molar-refractivity contribution in [3.63, 3.8) is 0 Å². The Morgan fingerprint density at radius 2 is 2.00 bits per heavy atom. The smallest absolute Gasteiger partial charge is 0.224 e. The number of benzene rings is 1. The van der Waals surface area contributed by atoms with Gasteiger partial charge in [0, 0.05) is 23.7 Å². The number of nitrogens with one attached hydrogen (secondary N) is 1. The van der Waals surface area contributed by atoms with Crippen molar-refractivity contribution >= 4 is 27.5 Å². The van der Waals surface area contributed by atoms with E-state index in [4.69, 9.17) is 16.7 Å². The third-order valence-corrected chi connectivity index (χ3v) is 6.09. The first kappa shape index (κ1) is 21.7. The number of nitrogens with zero attached hydrogens (tertiary/aromatic N) is 2. The van der Waals surface area contributed by atoms with Crippen LogP contribution < -0.4 is 10.5 Å². The normalized spacial score (nSPS) is 17.0. The monoisotopic (exact) mass is 436 g/mol. The molecule has 1 aromatic heterocycles. The zero-order valence-electron chi connectivity index (χ0n) is 16.0. The summed E-state index contributed by atoms with van der Waals surface area (Å²) in [5.74, 6) is -0.238. The van der Waals surface area contributed by atoms with Crippen molar-refractivity contribution in [2.45, 2.75) is 18.9 Å². The first-order valence-electron chi connectivity index (χ1n) is 9.51. The maximum absolute atomic E-state index is 13.0. The molecule has 3 rings (SSSR count). The van der Waals surface area contributed by atoms with Crippen LogP contribution in [-0.4, -0.2) is 49.6 Å². The molecule has 9 heteroatoms. The minimum absolute atomic E-state index is 0.0354. The molecule has 1 fully saturated rings. The highest BCUT2D eigenvalue weighted by atomic mass is 35.5. The topological polar surface area (TPSA) is 105 Å². The first-order valence-corrected chi connectivity index (χ1v) is 11.6. The molecule has 1 saturated heterocycles. The Morgan fingerprint density at radius 1 is 1.24 bits per heavy atom. The van der Waals surface area contributed by atoms with Crippen LogP contribution in [0.2, 0.25) is 5.02 Å². The molecule has 29 heavy (non-hydrogen) atoms. The number of hydrogen-bond donors (Lipinski definition) is 2. The van der Waals surface area contributed by atoms with Gasteiger partial charge < -0.3 is 10.2 Å². The molecule has 7 nitrogen and oxygen atoms in total. The van der Waals surface area contributed by atoms with Crippen molar-refractivity contribution in [2.24, 2.45) is 11.1 Å². The van der Waals surface area contributed by atoms with Gasteiger partial charge in [0.15, 0.2) is 0 Å². The number of carbonyl (C=O) groups excluding carboxylic acids is 1. The van der Waals surface area contributed by atoms with Crippen molar-refractivity contribution in [3.8, 4) is 0 Å². The van der Waals surface area contributed by atoms with Gasteiger partial charge >= 0.3 is 0 Å². The summed E-state index contributed by atoms with van der Waals surface area (Å²) in [5.41, 5.74) is 1.61. The Morgan fingerprint density at radius 3 is 2.62 bits per heavy atom. The molecule has 0 unspecified atom stereocenters. The van der Waals surface area contributed by atoms with Crippen LogP contribution in [0.15, 0.2) is 48.7 Å². The molecule has 0 saturated carbocycles.